The van der Waals surface area contributed by atoms with E-state index in [0.717, 1.165) is 34.9 Å². The zero-order valence-corrected chi connectivity index (χ0v) is 16.5. The summed E-state index contributed by atoms with van der Waals surface area (Å²) < 4.78 is 11.5. The van der Waals surface area contributed by atoms with Crippen LogP contribution in [-0.2, 0) is 13.2 Å². The van der Waals surface area contributed by atoms with Gasteiger partial charge in [-0.25, -0.2) is 0 Å². The minimum Gasteiger partial charge on any atom is -0.493 e. The van der Waals surface area contributed by atoms with Gasteiger partial charge in [0.05, 0.1) is 7.11 Å². The molecule has 0 heterocycles. The maximum Gasteiger partial charge on any atom is 0.161 e. The lowest BCUT2D eigenvalue weighted by Crippen LogP contribution is -2.03. The number of rotatable bonds is 7. The van der Waals surface area contributed by atoms with Crippen molar-refractivity contribution in [2.24, 2.45) is 0 Å². The summed E-state index contributed by atoms with van der Waals surface area (Å²) in [6.45, 7) is 7.61. The molecule has 0 saturated carbocycles. The lowest BCUT2D eigenvalue weighted by molar-refractivity contribution is 0.284. The number of ether oxygens (including phenoxy) is 2. The Kier molecular flexibility index (Phi) is 6.02. The number of anilines is 1. The van der Waals surface area contributed by atoms with Gasteiger partial charge < -0.3 is 14.8 Å². The topological polar surface area (TPSA) is 30.5 Å². The molecule has 3 aromatic rings. The van der Waals surface area contributed by atoms with Gasteiger partial charge in [0.15, 0.2) is 11.5 Å². The van der Waals surface area contributed by atoms with Gasteiger partial charge in [0, 0.05) is 12.2 Å². The van der Waals surface area contributed by atoms with Crippen LogP contribution in [0.3, 0.4) is 0 Å². The molecule has 0 unspecified atom stereocenters. The maximum atomic E-state index is 5.96. The smallest absolute Gasteiger partial charge is 0.161 e. The van der Waals surface area contributed by atoms with Gasteiger partial charge in [0.25, 0.3) is 0 Å². The molecule has 0 aromatic heterocycles. The molecule has 1 N–H and O–H groups in total. The summed E-state index contributed by atoms with van der Waals surface area (Å²) in [7, 11) is 1.68. The normalized spacial score (nSPS) is 10.5. The van der Waals surface area contributed by atoms with Crippen LogP contribution in [0.4, 0.5) is 5.69 Å². The lowest BCUT2D eigenvalue weighted by atomic mass is 10.1. The predicted molar refractivity (Wildman–Crippen MR) is 112 cm³/mol. The van der Waals surface area contributed by atoms with E-state index in [4.69, 9.17) is 9.47 Å². The zero-order chi connectivity index (χ0) is 19.2. The molecule has 0 aliphatic heterocycles. The van der Waals surface area contributed by atoms with E-state index in [9.17, 15) is 0 Å². The number of hydrogen-bond donors (Lipinski definition) is 1. The van der Waals surface area contributed by atoms with Gasteiger partial charge in [-0.15, -0.1) is 0 Å². The summed E-state index contributed by atoms with van der Waals surface area (Å²) in [5, 5.41) is 3.51. The Morgan fingerprint density at radius 3 is 2.30 bits per heavy atom. The third-order valence-electron chi connectivity index (χ3n) is 4.83. The van der Waals surface area contributed by atoms with Crippen molar-refractivity contribution in [3.05, 3.63) is 88.5 Å². The summed E-state index contributed by atoms with van der Waals surface area (Å²) in [5.41, 5.74) is 7.27. The zero-order valence-electron chi connectivity index (χ0n) is 16.5. The standard InChI is InChI=1S/C24H27NO2/c1-17-8-10-20(11-9-17)16-27-23-13-12-21(14-24(23)26-4)15-25-22-7-5-6-18(2)19(22)3/h5-14,25H,15-16H2,1-4H3. The van der Waals surface area contributed by atoms with Crippen molar-refractivity contribution in [2.45, 2.75) is 33.9 Å². The molecule has 0 bridgehead atoms. The van der Waals surface area contributed by atoms with Crippen molar-refractivity contribution in [3.63, 3.8) is 0 Å². The second-order valence-electron chi connectivity index (χ2n) is 6.86. The fourth-order valence-corrected chi connectivity index (χ4v) is 2.93. The van der Waals surface area contributed by atoms with Crippen LogP contribution in [0.25, 0.3) is 0 Å². The molecule has 0 radical (unpaired) electrons. The van der Waals surface area contributed by atoms with Crippen molar-refractivity contribution >= 4 is 5.69 Å². The molecule has 140 valence electrons. The van der Waals surface area contributed by atoms with Crippen molar-refractivity contribution in [1.29, 1.82) is 0 Å². The van der Waals surface area contributed by atoms with E-state index in [0.29, 0.717) is 6.61 Å². The summed E-state index contributed by atoms with van der Waals surface area (Å²) in [6.07, 6.45) is 0. The second kappa shape index (κ2) is 8.63. The molecular formula is C24H27NO2. The van der Waals surface area contributed by atoms with Gasteiger partial charge in [-0.05, 0) is 61.2 Å². The van der Waals surface area contributed by atoms with E-state index >= 15 is 0 Å². The Bertz CT molecular complexity index is 901. The largest absolute Gasteiger partial charge is 0.493 e. The average molecular weight is 361 g/mol. The average Bonchev–Trinajstić information content (AvgIpc) is 2.69. The minimum absolute atomic E-state index is 0.525. The van der Waals surface area contributed by atoms with Crippen LogP contribution in [0.15, 0.2) is 60.7 Å². The minimum atomic E-state index is 0.525. The molecule has 3 rings (SSSR count). The van der Waals surface area contributed by atoms with Crippen LogP contribution in [0.2, 0.25) is 0 Å². The lowest BCUT2D eigenvalue weighted by Gasteiger charge is -2.14. The van der Waals surface area contributed by atoms with E-state index in [1.807, 2.05) is 12.1 Å². The molecular weight excluding hydrogens is 334 g/mol. The summed E-state index contributed by atoms with van der Waals surface area (Å²) >= 11 is 0. The highest BCUT2D eigenvalue weighted by Gasteiger charge is 2.07. The van der Waals surface area contributed by atoms with Crippen molar-refractivity contribution < 1.29 is 9.47 Å². The third-order valence-corrected chi connectivity index (χ3v) is 4.83. The van der Waals surface area contributed by atoms with E-state index in [-0.39, 0.29) is 0 Å². The van der Waals surface area contributed by atoms with Gasteiger partial charge in [-0.1, -0.05) is 48.0 Å². The molecule has 0 amide bonds. The number of nitrogens with one attached hydrogen (secondary N) is 1. The highest BCUT2D eigenvalue weighted by atomic mass is 16.5. The first-order valence-corrected chi connectivity index (χ1v) is 9.22. The van der Waals surface area contributed by atoms with E-state index in [2.05, 4.69) is 74.6 Å². The van der Waals surface area contributed by atoms with Crippen molar-refractivity contribution in [1.82, 2.24) is 0 Å². The molecule has 3 aromatic carbocycles. The first-order chi connectivity index (χ1) is 13.1. The monoisotopic (exact) mass is 361 g/mol. The van der Waals surface area contributed by atoms with Crippen LogP contribution < -0.4 is 14.8 Å². The van der Waals surface area contributed by atoms with Gasteiger partial charge in [-0.3, -0.25) is 0 Å². The Morgan fingerprint density at radius 1 is 0.815 bits per heavy atom. The SMILES string of the molecule is COc1cc(CNc2cccc(C)c2C)ccc1OCc1ccc(C)cc1. The van der Waals surface area contributed by atoms with Crippen molar-refractivity contribution in [3.8, 4) is 11.5 Å². The number of aryl methyl sites for hydroxylation is 2. The Labute approximate surface area is 162 Å². The maximum absolute atomic E-state index is 5.96. The van der Waals surface area contributed by atoms with E-state index < -0.39 is 0 Å². The first kappa shape index (κ1) is 18.8. The molecule has 0 fully saturated rings. The van der Waals surface area contributed by atoms with Crippen LogP contribution >= 0.6 is 0 Å². The second-order valence-corrected chi connectivity index (χ2v) is 6.86. The van der Waals surface area contributed by atoms with Crippen LogP contribution in [0.5, 0.6) is 11.5 Å². The highest BCUT2D eigenvalue weighted by Crippen LogP contribution is 2.29. The van der Waals surface area contributed by atoms with E-state index in [1.165, 1.54) is 16.7 Å². The fourth-order valence-electron chi connectivity index (χ4n) is 2.93. The number of hydrogen-bond acceptors (Lipinski definition) is 3. The number of methoxy groups -OCH3 is 1. The van der Waals surface area contributed by atoms with Gasteiger partial charge in [0.2, 0.25) is 0 Å². The first-order valence-electron chi connectivity index (χ1n) is 9.22. The van der Waals surface area contributed by atoms with Gasteiger partial charge >= 0.3 is 0 Å². The molecule has 0 aliphatic rings. The van der Waals surface area contributed by atoms with Crippen LogP contribution in [-0.4, -0.2) is 7.11 Å². The van der Waals surface area contributed by atoms with Gasteiger partial charge in [0.1, 0.15) is 6.61 Å². The predicted octanol–water partition coefficient (Wildman–Crippen LogP) is 5.81. The molecule has 0 atom stereocenters. The molecule has 3 heteroatoms. The summed E-state index contributed by atoms with van der Waals surface area (Å²) in [6, 6.07) is 20.8. The third kappa shape index (κ3) is 4.82. The molecule has 3 nitrogen and oxygen atoms in total. The Morgan fingerprint density at radius 2 is 1.56 bits per heavy atom. The Balaban J connectivity index is 1.66. The number of benzene rings is 3. The molecule has 27 heavy (non-hydrogen) atoms. The fraction of sp³-hybridized carbons (Fsp3) is 0.250. The van der Waals surface area contributed by atoms with Crippen LogP contribution in [0.1, 0.15) is 27.8 Å². The quantitative estimate of drug-likeness (QED) is 0.576. The summed E-state index contributed by atoms with van der Waals surface area (Å²) in [4.78, 5) is 0. The van der Waals surface area contributed by atoms with E-state index in [1.54, 1.807) is 7.11 Å². The summed E-state index contributed by atoms with van der Waals surface area (Å²) in [5.74, 6) is 1.51. The molecule has 0 aliphatic carbocycles. The van der Waals surface area contributed by atoms with Crippen LogP contribution in [0, 0.1) is 20.8 Å². The molecule has 0 spiro atoms. The van der Waals surface area contributed by atoms with Crippen molar-refractivity contribution in [2.75, 3.05) is 12.4 Å². The molecule has 0 saturated heterocycles. The van der Waals surface area contributed by atoms with Gasteiger partial charge in [-0.2, -0.15) is 0 Å². The Hall–Kier alpha value is -2.94. The highest BCUT2D eigenvalue weighted by molar-refractivity contribution is 5.54.